The van der Waals surface area contributed by atoms with Crippen molar-refractivity contribution in [2.24, 2.45) is 0 Å². The molecule has 126 valence electrons. The van der Waals surface area contributed by atoms with E-state index in [0.717, 1.165) is 49.9 Å². The second-order valence-electron chi connectivity index (χ2n) is 5.76. The van der Waals surface area contributed by atoms with Gasteiger partial charge in [-0.25, -0.2) is 0 Å². The van der Waals surface area contributed by atoms with Crippen molar-refractivity contribution in [3.8, 4) is 11.5 Å². The molecular formula is C16H20N6O2. The highest BCUT2D eigenvalue weighted by molar-refractivity contribution is 5.61. The highest BCUT2D eigenvalue weighted by Gasteiger charge is 2.19. The second-order valence-corrected chi connectivity index (χ2v) is 5.76. The zero-order chi connectivity index (χ0) is 16.4. The van der Waals surface area contributed by atoms with E-state index in [1.165, 1.54) is 0 Å². The van der Waals surface area contributed by atoms with Crippen LogP contribution in [0.25, 0.3) is 0 Å². The van der Waals surface area contributed by atoms with Gasteiger partial charge in [0, 0.05) is 37.9 Å². The van der Waals surface area contributed by atoms with Crippen LogP contribution in [-0.2, 0) is 0 Å². The lowest BCUT2D eigenvalue weighted by Gasteiger charge is -2.33. The van der Waals surface area contributed by atoms with Gasteiger partial charge < -0.3 is 24.6 Å². The summed E-state index contributed by atoms with van der Waals surface area (Å²) in [4.78, 5) is 9.17. The first-order valence-electron chi connectivity index (χ1n) is 8.15. The van der Waals surface area contributed by atoms with Crippen LogP contribution in [0.2, 0.25) is 0 Å². The molecule has 2 aliphatic rings. The number of hydrogen-bond acceptors (Lipinski definition) is 8. The Morgan fingerprint density at radius 1 is 1.12 bits per heavy atom. The number of ether oxygens (including phenoxy) is 2. The molecule has 8 nitrogen and oxygen atoms in total. The number of nitrogens with one attached hydrogen (secondary N) is 1. The topological polar surface area (TPSA) is 75.6 Å². The lowest BCUT2D eigenvalue weighted by molar-refractivity contribution is 0.174. The van der Waals surface area contributed by atoms with Gasteiger partial charge in [0.1, 0.15) is 0 Å². The molecule has 24 heavy (non-hydrogen) atoms. The first-order valence-corrected chi connectivity index (χ1v) is 8.15. The Morgan fingerprint density at radius 3 is 2.79 bits per heavy atom. The number of hydrogen-bond donors (Lipinski definition) is 1. The summed E-state index contributed by atoms with van der Waals surface area (Å²) in [6.45, 7) is 7.43. The van der Waals surface area contributed by atoms with Crippen LogP contribution in [-0.4, -0.2) is 59.6 Å². The lowest BCUT2D eigenvalue weighted by atomic mass is 10.3. The van der Waals surface area contributed by atoms with E-state index in [2.05, 4.69) is 37.2 Å². The van der Waals surface area contributed by atoms with Crippen molar-refractivity contribution >= 4 is 17.5 Å². The van der Waals surface area contributed by atoms with Crippen LogP contribution in [0.4, 0.5) is 17.5 Å². The van der Waals surface area contributed by atoms with E-state index in [9.17, 15) is 0 Å². The molecule has 2 aliphatic heterocycles. The quantitative estimate of drug-likeness (QED) is 0.905. The predicted octanol–water partition coefficient (Wildman–Crippen LogP) is 1.49. The maximum Gasteiger partial charge on any atom is 0.247 e. The smallest absolute Gasteiger partial charge is 0.247 e. The number of rotatable bonds is 4. The summed E-state index contributed by atoms with van der Waals surface area (Å²) in [5.41, 5.74) is 0.876. The van der Waals surface area contributed by atoms with E-state index in [4.69, 9.17) is 9.47 Å². The largest absolute Gasteiger partial charge is 0.454 e. The molecule has 1 saturated heterocycles. The SMILES string of the molecule is CCN1CCN(c2nncc(Nc3ccc4c(c3)OCO4)n2)CC1. The summed E-state index contributed by atoms with van der Waals surface area (Å²) < 4.78 is 10.7. The molecule has 1 aromatic heterocycles. The van der Waals surface area contributed by atoms with Crippen LogP contribution in [0.3, 0.4) is 0 Å². The highest BCUT2D eigenvalue weighted by atomic mass is 16.7. The number of benzene rings is 1. The van der Waals surface area contributed by atoms with Gasteiger partial charge in [-0.3, -0.25) is 0 Å². The summed E-state index contributed by atoms with van der Waals surface area (Å²) >= 11 is 0. The van der Waals surface area contributed by atoms with Gasteiger partial charge in [-0.1, -0.05) is 6.92 Å². The van der Waals surface area contributed by atoms with Gasteiger partial charge in [-0.2, -0.15) is 10.1 Å². The lowest BCUT2D eigenvalue weighted by Crippen LogP contribution is -2.46. The van der Waals surface area contributed by atoms with Crippen molar-refractivity contribution in [2.45, 2.75) is 6.92 Å². The second kappa shape index (κ2) is 6.48. The van der Waals surface area contributed by atoms with Crippen molar-refractivity contribution in [2.75, 3.05) is 49.7 Å². The molecule has 1 N–H and O–H groups in total. The summed E-state index contributed by atoms with van der Waals surface area (Å²) in [6, 6.07) is 5.70. The van der Waals surface area contributed by atoms with Gasteiger partial charge >= 0.3 is 0 Å². The highest BCUT2D eigenvalue weighted by Crippen LogP contribution is 2.34. The van der Waals surface area contributed by atoms with Gasteiger partial charge in [0.15, 0.2) is 17.3 Å². The molecule has 2 aromatic rings. The fraction of sp³-hybridized carbons (Fsp3) is 0.438. The minimum absolute atomic E-state index is 0.266. The Bertz CT molecular complexity index is 717. The van der Waals surface area contributed by atoms with E-state index in [-0.39, 0.29) is 6.79 Å². The number of likely N-dealkylation sites (N-methyl/N-ethyl adjacent to an activating group) is 1. The maximum atomic E-state index is 5.39. The van der Waals surface area contributed by atoms with Crippen molar-refractivity contribution in [1.82, 2.24) is 20.1 Å². The zero-order valence-corrected chi connectivity index (χ0v) is 13.6. The Labute approximate surface area is 140 Å². The normalized spacial score (nSPS) is 17.1. The van der Waals surface area contributed by atoms with Crippen LogP contribution in [0, 0.1) is 0 Å². The molecule has 0 radical (unpaired) electrons. The average Bonchev–Trinajstić information content (AvgIpc) is 3.10. The molecular weight excluding hydrogens is 308 g/mol. The molecule has 3 heterocycles. The standard InChI is InChI=1S/C16H20N6O2/c1-2-21-5-7-22(8-6-21)16-19-15(10-17-20-16)18-12-3-4-13-14(9-12)24-11-23-13/h3-4,9-10H,2,5-8,11H2,1H3,(H,18,19,20). The Morgan fingerprint density at radius 2 is 1.96 bits per heavy atom. The van der Waals surface area contributed by atoms with E-state index >= 15 is 0 Å². The molecule has 0 bridgehead atoms. The zero-order valence-electron chi connectivity index (χ0n) is 13.6. The monoisotopic (exact) mass is 328 g/mol. The number of nitrogens with zero attached hydrogens (tertiary/aromatic N) is 5. The van der Waals surface area contributed by atoms with Gasteiger partial charge in [-0.05, 0) is 18.7 Å². The molecule has 8 heteroatoms. The molecule has 0 aliphatic carbocycles. The van der Waals surface area contributed by atoms with Crippen molar-refractivity contribution in [1.29, 1.82) is 0 Å². The molecule has 4 rings (SSSR count). The third-order valence-corrected chi connectivity index (χ3v) is 4.29. The molecule has 0 atom stereocenters. The van der Waals surface area contributed by atoms with Crippen LogP contribution in [0.15, 0.2) is 24.4 Å². The summed E-state index contributed by atoms with van der Waals surface area (Å²) in [5.74, 6) is 2.82. The maximum absolute atomic E-state index is 5.39. The van der Waals surface area contributed by atoms with Crippen molar-refractivity contribution < 1.29 is 9.47 Å². The first-order chi connectivity index (χ1) is 11.8. The Kier molecular flexibility index (Phi) is 4.04. The minimum atomic E-state index is 0.266. The molecule has 0 spiro atoms. The van der Waals surface area contributed by atoms with Crippen LogP contribution in [0.5, 0.6) is 11.5 Å². The first kappa shape index (κ1) is 14.9. The third kappa shape index (κ3) is 3.05. The summed E-state index contributed by atoms with van der Waals surface area (Å²) in [6.07, 6.45) is 1.62. The fourth-order valence-corrected chi connectivity index (χ4v) is 2.87. The predicted molar refractivity (Wildman–Crippen MR) is 90.0 cm³/mol. The van der Waals surface area contributed by atoms with Crippen LogP contribution in [0.1, 0.15) is 6.92 Å². The van der Waals surface area contributed by atoms with Gasteiger partial charge in [0.25, 0.3) is 0 Å². The number of aromatic nitrogens is 3. The van der Waals surface area contributed by atoms with E-state index in [0.29, 0.717) is 11.8 Å². The number of piperazine rings is 1. The number of fused-ring (bicyclic) bond motifs is 1. The molecule has 0 saturated carbocycles. The average molecular weight is 328 g/mol. The molecule has 1 aromatic carbocycles. The van der Waals surface area contributed by atoms with E-state index < -0.39 is 0 Å². The van der Waals surface area contributed by atoms with Crippen molar-refractivity contribution in [3.63, 3.8) is 0 Å². The molecule has 0 amide bonds. The van der Waals surface area contributed by atoms with Crippen LogP contribution < -0.4 is 19.7 Å². The fourth-order valence-electron chi connectivity index (χ4n) is 2.87. The summed E-state index contributed by atoms with van der Waals surface area (Å²) in [5, 5.41) is 11.5. The number of anilines is 3. The van der Waals surface area contributed by atoms with Crippen molar-refractivity contribution in [3.05, 3.63) is 24.4 Å². The van der Waals surface area contributed by atoms with Gasteiger partial charge in [0.05, 0.1) is 6.20 Å². The van der Waals surface area contributed by atoms with Gasteiger partial charge in [0.2, 0.25) is 12.7 Å². The van der Waals surface area contributed by atoms with Crippen LogP contribution >= 0.6 is 0 Å². The molecule has 1 fully saturated rings. The van der Waals surface area contributed by atoms with E-state index in [1.807, 2.05) is 18.2 Å². The summed E-state index contributed by atoms with van der Waals surface area (Å²) in [7, 11) is 0. The van der Waals surface area contributed by atoms with E-state index in [1.54, 1.807) is 6.20 Å². The van der Waals surface area contributed by atoms with Gasteiger partial charge in [-0.15, -0.1) is 5.10 Å². The third-order valence-electron chi connectivity index (χ3n) is 4.29. The minimum Gasteiger partial charge on any atom is -0.454 e. The Hall–Kier alpha value is -2.61. The Balaban J connectivity index is 1.47. The molecule has 0 unspecified atom stereocenters.